The van der Waals surface area contributed by atoms with Crippen LogP contribution >= 0.6 is 0 Å². The zero-order chi connectivity index (χ0) is 11.4. The molecule has 0 fully saturated rings. The predicted octanol–water partition coefficient (Wildman–Crippen LogP) is 1.53. The molecule has 4 nitrogen and oxygen atoms in total. The molecule has 0 bridgehead atoms. The van der Waals surface area contributed by atoms with Crippen LogP contribution in [0.25, 0.3) is 0 Å². The number of rotatable bonds is 3. The lowest BCUT2D eigenvalue weighted by Crippen LogP contribution is -2.28. The largest absolute Gasteiger partial charge is 0.457 e. The third-order valence-electron chi connectivity index (χ3n) is 1.22. The first-order valence-electron chi connectivity index (χ1n) is 4.61. The van der Waals surface area contributed by atoms with Crippen molar-refractivity contribution in [2.45, 2.75) is 40.2 Å². The van der Waals surface area contributed by atoms with Gasteiger partial charge in [-0.3, -0.25) is 4.79 Å². The van der Waals surface area contributed by atoms with Crippen molar-refractivity contribution < 1.29 is 19.1 Å². The Bertz CT molecular complexity index is 213. The molecule has 0 radical (unpaired) electrons. The summed E-state index contributed by atoms with van der Waals surface area (Å²) in [6, 6.07) is 0. The molecule has 0 aromatic heterocycles. The molecule has 0 saturated heterocycles. The molecule has 0 heterocycles. The summed E-state index contributed by atoms with van der Waals surface area (Å²) in [5.74, 6) is -1.14. The van der Waals surface area contributed by atoms with Gasteiger partial charge in [-0.05, 0) is 20.8 Å². The Balaban J connectivity index is 3.81. The second-order valence-corrected chi connectivity index (χ2v) is 4.35. The maximum atomic E-state index is 11.1. The fourth-order valence-electron chi connectivity index (χ4n) is 0.668. The van der Waals surface area contributed by atoms with Crippen LogP contribution in [-0.2, 0) is 19.1 Å². The van der Waals surface area contributed by atoms with E-state index in [-0.39, 0.29) is 12.5 Å². The molecule has 4 heteroatoms. The minimum Gasteiger partial charge on any atom is -0.457 e. The third-order valence-corrected chi connectivity index (χ3v) is 1.22. The van der Waals surface area contributed by atoms with E-state index in [1.54, 1.807) is 34.6 Å². The van der Waals surface area contributed by atoms with Gasteiger partial charge in [-0.2, -0.15) is 0 Å². The lowest BCUT2D eigenvalue weighted by atomic mass is 10.2. The van der Waals surface area contributed by atoms with Gasteiger partial charge in [0.1, 0.15) is 5.60 Å². The number of esters is 2. The molecule has 0 atom stereocenters. The molecule has 14 heavy (non-hydrogen) atoms. The van der Waals surface area contributed by atoms with Crippen molar-refractivity contribution in [2.75, 3.05) is 6.61 Å². The van der Waals surface area contributed by atoms with E-state index in [0.29, 0.717) is 0 Å². The highest BCUT2D eigenvalue weighted by Gasteiger charge is 2.18. The van der Waals surface area contributed by atoms with Crippen LogP contribution in [0.3, 0.4) is 0 Å². The van der Waals surface area contributed by atoms with Crippen molar-refractivity contribution in [3.8, 4) is 0 Å². The molecule has 0 spiro atoms. The van der Waals surface area contributed by atoms with Crippen LogP contribution in [0.4, 0.5) is 0 Å². The van der Waals surface area contributed by atoms with E-state index in [2.05, 4.69) is 0 Å². The summed E-state index contributed by atoms with van der Waals surface area (Å²) < 4.78 is 9.65. The lowest BCUT2D eigenvalue weighted by molar-refractivity contribution is -0.167. The number of hydrogen-bond donors (Lipinski definition) is 0. The van der Waals surface area contributed by atoms with Crippen LogP contribution < -0.4 is 0 Å². The van der Waals surface area contributed by atoms with Crippen molar-refractivity contribution in [1.82, 2.24) is 0 Å². The molecule has 0 aliphatic heterocycles. The lowest BCUT2D eigenvalue weighted by Gasteiger charge is -2.19. The smallest absolute Gasteiger partial charge is 0.344 e. The number of carbonyl (C=O) groups excluding carboxylic acids is 2. The SMILES string of the molecule is CC(C)C(=O)OCC(=O)OC(C)(C)C. The van der Waals surface area contributed by atoms with Crippen LogP contribution in [0.15, 0.2) is 0 Å². The molecule has 0 N–H and O–H groups in total. The molecule has 0 aliphatic carbocycles. The predicted molar refractivity (Wildman–Crippen MR) is 51.6 cm³/mol. The highest BCUT2D eigenvalue weighted by atomic mass is 16.6. The van der Waals surface area contributed by atoms with Crippen molar-refractivity contribution in [3.05, 3.63) is 0 Å². The van der Waals surface area contributed by atoms with Crippen molar-refractivity contribution in [3.63, 3.8) is 0 Å². The second-order valence-electron chi connectivity index (χ2n) is 4.35. The van der Waals surface area contributed by atoms with Gasteiger partial charge in [-0.15, -0.1) is 0 Å². The van der Waals surface area contributed by atoms with E-state index in [9.17, 15) is 9.59 Å². The van der Waals surface area contributed by atoms with Crippen molar-refractivity contribution in [1.29, 1.82) is 0 Å². The van der Waals surface area contributed by atoms with Gasteiger partial charge in [0.25, 0.3) is 0 Å². The summed E-state index contributed by atoms with van der Waals surface area (Å²) in [7, 11) is 0. The average Bonchev–Trinajstić information content (AvgIpc) is 1.96. The van der Waals surface area contributed by atoms with Crippen molar-refractivity contribution in [2.24, 2.45) is 5.92 Å². The molecule has 0 saturated carbocycles. The van der Waals surface area contributed by atoms with E-state index >= 15 is 0 Å². The van der Waals surface area contributed by atoms with Crippen LogP contribution in [0.1, 0.15) is 34.6 Å². The summed E-state index contributed by atoms with van der Waals surface area (Å²) in [5, 5.41) is 0. The minimum atomic E-state index is -0.540. The van der Waals surface area contributed by atoms with Gasteiger partial charge in [0, 0.05) is 0 Å². The summed E-state index contributed by atoms with van der Waals surface area (Å²) in [4.78, 5) is 22.1. The summed E-state index contributed by atoms with van der Waals surface area (Å²) in [5.41, 5.74) is -0.540. The zero-order valence-electron chi connectivity index (χ0n) is 9.42. The van der Waals surface area contributed by atoms with E-state index < -0.39 is 17.5 Å². The fourth-order valence-corrected chi connectivity index (χ4v) is 0.668. The van der Waals surface area contributed by atoms with Gasteiger partial charge in [-0.1, -0.05) is 13.8 Å². The molecular weight excluding hydrogens is 184 g/mol. The van der Waals surface area contributed by atoms with E-state index in [1.165, 1.54) is 0 Å². The quantitative estimate of drug-likeness (QED) is 0.651. The average molecular weight is 202 g/mol. The summed E-state index contributed by atoms with van der Waals surface area (Å²) in [6.45, 7) is 8.38. The second kappa shape index (κ2) is 4.98. The number of hydrogen-bond acceptors (Lipinski definition) is 4. The molecule has 0 rings (SSSR count). The zero-order valence-corrected chi connectivity index (χ0v) is 9.42. The van der Waals surface area contributed by atoms with Gasteiger partial charge in [0.05, 0.1) is 5.92 Å². The molecule has 0 unspecified atom stereocenters. The molecule has 0 aliphatic rings. The fraction of sp³-hybridized carbons (Fsp3) is 0.800. The molecule has 0 aromatic rings. The standard InChI is InChI=1S/C10H18O4/c1-7(2)9(12)13-6-8(11)14-10(3,4)5/h7H,6H2,1-5H3. The number of carbonyl (C=O) groups is 2. The Morgan fingerprint density at radius 3 is 2.07 bits per heavy atom. The Kier molecular flexibility index (Phi) is 4.60. The number of ether oxygens (including phenoxy) is 2. The molecular formula is C10H18O4. The highest BCUT2D eigenvalue weighted by Crippen LogP contribution is 2.07. The maximum Gasteiger partial charge on any atom is 0.344 e. The van der Waals surface area contributed by atoms with Crippen LogP contribution in [-0.4, -0.2) is 24.1 Å². The van der Waals surface area contributed by atoms with E-state index in [0.717, 1.165) is 0 Å². The van der Waals surface area contributed by atoms with E-state index in [4.69, 9.17) is 9.47 Å². The van der Waals surface area contributed by atoms with Gasteiger partial charge in [-0.25, -0.2) is 4.79 Å². The van der Waals surface area contributed by atoms with Gasteiger partial charge >= 0.3 is 11.9 Å². The van der Waals surface area contributed by atoms with Crippen LogP contribution in [0, 0.1) is 5.92 Å². The van der Waals surface area contributed by atoms with Gasteiger partial charge < -0.3 is 9.47 Å². The Labute approximate surface area is 84.6 Å². The van der Waals surface area contributed by atoms with Gasteiger partial charge in [0.2, 0.25) is 0 Å². The minimum absolute atomic E-state index is 0.225. The van der Waals surface area contributed by atoms with Crippen LogP contribution in [0.5, 0.6) is 0 Å². The molecule has 82 valence electrons. The Morgan fingerprint density at radius 2 is 1.71 bits per heavy atom. The maximum absolute atomic E-state index is 11.1. The van der Waals surface area contributed by atoms with Crippen molar-refractivity contribution >= 4 is 11.9 Å². The normalized spacial score (nSPS) is 11.3. The Morgan fingerprint density at radius 1 is 1.21 bits per heavy atom. The van der Waals surface area contributed by atoms with Crippen LogP contribution in [0.2, 0.25) is 0 Å². The molecule has 0 aromatic carbocycles. The summed E-state index contributed by atoms with van der Waals surface area (Å²) in [6.07, 6.45) is 0. The third kappa shape index (κ3) is 6.46. The summed E-state index contributed by atoms with van der Waals surface area (Å²) >= 11 is 0. The Hall–Kier alpha value is -1.06. The first kappa shape index (κ1) is 12.9. The molecule has 0 amide bonds. The topological polar surface area (TPSA) is 52.6 Å². The first-order valence-corrected chi connectivity index (χ1v) is 4.61. The monoisotopic (exact) mass is 202 g/mol. The van der Waals surface area contributed by atoms with Gasteiger partial charge in [0.15, 0.2) is 6.61 Å². The first-order chi connectivity index (χ1) is 6.22. The van der Waals surface area contributed by atoms with E-state index in [1.807, 2.05) is 0 Å². The highest BCUT2D eigenvalue weighted by molar-refractivity contribution is 5.77.